The maximum Gasteiger partial charge on any atom is 0.407 e. The molecule has 0 aliphatic heterocycles. The van der Waals surface area contributed by atoms with Crippen LogP contribution in [0.3, 0.4) is 0 Å². The first-order chi connectivity index (χ1) is 16.8. The van der Waals surface area contributed by atoms with Crippen LogP contribution in [-0.2, 0) is 14.3 Å². The van der Waals surface area contributed by atoms with Crippen molar-refractivity contribution < 1.29 is 24.2 Å². The van der Waals surface area contributed by atoms with Crippen LogP contribution in [0.15, 0.2) is 48.5 Å². The van der Waals surface area contributed by atoms with E-state index in [1.165, 1.54) is 11.1 Å². The highest BCUT2D eigenvalue weighted by Crippen LogP contribution is 2.44. The molecule has 2 aromatic rings. The minimum atomic E-state index is -0.827. The van der Waals surface area contributed by atoms with Crippen molar-refractivity contribution in [3.05, 3.63) is 59.7 Å². The normalized spacial score (nSPS) is 13.1. The van der Waals surface area contributed by atoms with Crippen LogP contribution in [0, 0.1) is 11.8 Å². The Morgan fingerprint density at radius 1 is 1.00 bits per heavy atom. The summed E-state index contributed by atoms with van der Waals surface area (Å²) in [7, 11) is 0. The average molecular weight is 481 g/mol. The number of amides is 2. The number of carbonyl (C=O) groups is 3. The lowest BCUT2D eigenvalue weighted by molar-refractivity contribution is -0.137. The molecule has 0 saturated heterocycles. The molecule has 2 aromatic carbocycles. The molecular weight excluding hydrogens is 444 g/mol. The van der Waals surface area contributed by atoms with Crippen molar-refractivity contribution in [1.82, 2.24) is 10.2 Å². The molecule has 0 saturated carbocycles. The zero-order valence-electron chi connectivity index (χ0n) is 20.8. The monoisotopic (exact) mass is 480 g/mol. The van der Waals surface area contributed by atoms with Crippen LogP contribution in [0.25, 0.3) is 11.1 Å². The summed E-state index contributed by atoms with van der Waals surface area (Å²) in [5.74, 6) is -1.22. The molecule has 0 radical (unpaired) electrons. The summed E-state index contributed by atoms with van der Waals surface area (Å²) in [4.78, 5) is 38.2. The highest BCUT2D eigenvalue weighted by atomic mass is 16.5. The summed E-state index contributed by atoms with van der Waals surface area (Å²) in [6.45, 7) is 7.30. The largest absolute Gasteiger partial charge is 0.481 e. The number of carbonyl (C=O) groups excluding carboxylic acids is 2. The van der Waals surface area contributed by atoms with Crippen LogP contribution in [0.5, 0.6) is 0 Å². The number of hydrogen-bond acceptors (Lipinski definition) is 4. The minimum absolute atomic E-state index is 0.0166. The molecule has 3 rings (SSSR count). The van der Waals surface area contributed by atoms with E-state index in [0.717, 1.165) is 11.1 Å². The molecule has 1 aliphatic rings. The number of benzene rings is 2. The van der Waals surface area contributed by atoms with E-state index in [0.29, 0.717) is 25.9 Å². The van der Waals surface area contributed by atoms with Gasteiger partial charge in [-0.05, 0) is 47.9 Å². The number of carboxylic acids is 1. The van der Waals surface area contributed by atoms with E-state index in [1.54, 1.807) is 4.90 Å². The molecular formula is C28H36N2O5. The third kappa shape index (κ3) is 6.62. The van der Waals surface area contributed by atoms with Crippen LogP contribution in [0.4, 0.5) is 4.79 Å². The fourth-order valence-corrected chi connectivity index (χ4v) is 4.69. The maximum absolute atomic E-state index is 13.1. The number of carboxylic acid groups (broad SMARTS) is 1. The van der Waals surface area contributed by atoms with Crippen molar-refractivity contribution in [3.8, 4) is 11.1 Å². The number of nitrogens with one attached hydrogen (secondary N) is 1. The summed E-state index contributed by atoms with van der Waals surface area (Å²) < 4.78 is 5.61. The third-order valence-corrected chi connectivity index (χ3v) is 6.69. The molecule has 2 amide bonds. The average Bonchev–Trinajstić information content (AvgIpc) is 3.16. The van der Waals surface area contributed by atoms with Crippen molar-refractivity contribution in [1.29, 1.82) is 0 Å². The fourth-order valence-electron chi connectivity index (χ4n) is 4.69. The van der Waals surface area contributed by atoms with Crippen molar-refractivity contribution in [2.24, 2.45) is 11.8 Å². The molecule has 0 spiro atoms. The molecule has 35 heavy (non-hydrogen) atoms. The lowest BCUT2D eigenvalue weighted by atomic mass is 9.94. The Morgan fingerprint density at radius 3 is 2.14 bits per heavy atom. The van der Waals surface area contributed by atoms with Gasteiger partial charge in [0.15, 0.2) is 0 Å². The van der Waals surface area contributed by atoms with E-state index < -0.39 is 12.1 Å². The molecule has 0 aromatic heterocycles. The summed E-state index contributed by atoms with van der Waals surface area (Å²) in [5.41, 5.74) is 4.65. The quantitative estimate of drug-likeness (QED) is 0.421. The Bertz CT molecular complexity index is 990. The number of rotatable bonds is 12. The van der Waals surface area contributed by atoms with E-state index in [4.69, 9.17) is 9.84 Å². The first-order valence-corrected chi connectivity index (χ1v) is 12.4. The van der Waals surface area contributed by atoms with E-state index in [1.807, 2.05) is 45.0 Å². The Balaban J connectivity index is 1.54. The first-order valence-electron chi connectivity index (χ1n) is 12.4. The lowest BCUT2D eigenvalue weighted by Gasteiger charge is -2.28. The number of hydrogen-bond donors (Lipinski definition) is 2. The number of nitrogens with zero attached hydrogens (tertiary/aromatic N) is 1. The van der Waals surface area contributed by atoms with Gasteiger partial charge in [0.25, 0.3) is 0 Å². The second-order valence-electron chi connectivity index (χ2n) is 9.33. The van der Waals surface area contributed by atoms with E-state index in [-0.39, 0.29) is 43.2 Å². The number of ether oxygens (including phenoxy) is 1. The third-order valence-electron chi connectivity index (χ3n) is 6.69. The van der Waals surface area contributed by atoms with Gasteiger partial charge in [-0.25, -0.2) is 4.79 Å². The Morgan fingerprint density at radius 2 is 1.60 bits per heavy atom. The Kier molecular flexibility index (Phi) is 9.29. The standard InChI is InChI=1S/C28H36N2O5/c1-4-30(16-10-9-15-26(31)32)27(33)24(19(2)3)17-29-28(34)35-18-25-22-13-7-5-11-20(22)21-12-6-8-14-23(21)25/h5-8,11-14,19,24-25H,4,9-10,15-18H2,1-3H3,(H,29,34)(H,31,32). The van der Waals surface area contributed by atoms with Crippen LogP contribution >= 0.6 is 0 Å². The van der Waals surface area contributed by atoms with Gasteiger partial charge in [-0.2, -0.15) is 0 Å². The van der Waals surface area contributed by atoms with E-state index in [9.17, 15) is 14.4 Å². The van der Waals surface area contributed by atoms with E-state index >= 15 is 0 Å². The molecule has 188 valence electrons. The van der Waals surface area contributed by atoms with Crippen LogP contribution in [-0.4, -0.2) is 54.2 Å². The van der Waals surface area contributed by atoms with Gasteiger partial charge in [0.2, 0.25) is 5.91 Å². The zero-order chi connectivity index (χ0) is 25.4. The summed E-state index contributed by atoms with van der Waals surface area (Å²) in [6.07, 6.45) is 0.734. The number of fused-ring (bicyclic) bond motifs is 3. The van der Waals surface area contributed by atoms with Gasteiger partial charge in [0.05, 0.1) is 5.92 Å². The molecule has 2 N–H and O–H groups in total. The van der Waals surface area contributed by atoms with Crippen LogP contribution < -0.4 is 5.32 Å². The van der Waals surface area contributed by atoms with Crippen molar-refractivity contribution in [2.75, 3.05) is 26.2 Å². The second kappa shape index (κ2) is 12.4. The molecule has 7 heteroatoms. The van der Waals surface area contributed by atoms with Gasteiger partial charge < -0.3 is 20.1 Å². The lowest BCUT2D eigenvalue weighted by Crippen LogP contribution is -2.44. The second-order valence-corrected chi connectivity index (χ2v) is 9.33. The highest BCUT2D eigenvalue weighted by molar-refractivity contribution is 5.80. The van der Waals surface area contributed by atoms with Crippen molar-refractivity contribution in [2.45, 2.75) is 46.0 Å². The van der Waals surface area contributed by atoms with Gasteiger partial charge in [-0.15, -0.1) is 0 Å². The molecule has 0 fully saturated rings. The first kappa shape index (κ1) is 26.3. The van der Waals surface area contributed by atoms with Gasteiger partial charge >= 0.3 is 12.1 Å². The Labute approximate surface area is 207 Å². The molecule has 0 heterocycles. The van der Waals surface area contributed by atoms with Crippen LogP contribution in [0.1, 0.15) is 57.1 Å². The molecule has 1 atom stereocenters. The summed E-state index contributed by atoms with van der Waals surface area (Å²) in [6, 6.07) is 16.4. The van der Waals surface area contributed by atoms with Gasteiger partial charge in [0, 0.05) is 32.0 Å². The number of alkyl carbamates (subject to hydrolysis) is 1. The fraction of sp³-hybridized carbons (Fsp3) is 0.464. The zero-order valence-corrected chi connectivity index (χ0v) is 20.8. The SMILES string of the molecule is CCN(CCCCC(=O)O)C(=O)C(CNC(=O)OCC1c2ccccc2-c2ccccc21)C(C)C. The topological polar surface area (TPSA) is 95.9 Å². The van der Waals surface area contributed by atoms with Crippen molar-refractivity contribution >= 4 is 18.0 Å². The predicted molar refractivity (Wildman–Crippen MR) is 135 cm³/mol. The predicted octanol–water partition coefficient (Wildman–Crippen LogP) is 4.90. The highest BCUT2D eigenvalue weighted by Gasteiger charge is 2.30. The smallest absolute Gasteiger partial charge is 0.407 e. The summed E-state index contributed by atoms with van der Waals surface area (Å²) in [5, 5.41) is 11.6. The van der Waals surface area contributed by atoms with Gasteiger partial charge in [0.1, 0.15) is 6.61 Å². The van der Waals surface area contributed by atoms with Crippen molar-refractivity contribution in [3.63, 3.8) is 0 Å². The molecule has 7 nitrogen and oxygen atoms in total. The number of aliphatic carboxylic acids is 1. The van der Waals surface area contributed by atoms with Gasteiger partial charge in [-0.3, -0.25) is 9.59 Å². The van der Waals surface area contributed by atoms with Crippen LogP contribution in [0.2, 0.25) is 0 Å². The molecule has 1 aliphatic carbocycles. The molecule has 0 bridgehead atoms. The Hall–Kier alpha value is -3.35. The maximum atomic E-state index is 13.1. The minimum Gasteiger partial charge on any atom is -0.481 e. The van der Waals surface area contributed by atoms with Gasteiger partial charge in [-0.1, -0.05) is 62.4 Å². The number of unbranched alkanes of at least 4 members (excludes halogenated alkanes) is 1. The summed E-state index contributed by atoms with van der Waals surface area (Å²) >= 11 is 0. The molecule has 1 unspecified atom stereocenters. The van der Waals surface area contributed by atoms with E-state index in [2.05, 4.69) is 29.6 Å².